The van der Waals surface area contributed by atoms with E-state index in [1.165, 1.54) is 0 Å². The first-order valence-corrected chi connectivity index (χ1v) is 9.98. The summed E-state index contributed by atoms with van der Waals surface area (Å²) >= 11 is 0. The van der Waals surface area contributed by atoms with E-state index in [-0.39, 0.29) is 12.8 Å². The van der Waals surface area contributed by atoms with E-state index in [4.69, 9.17) is 0 Å². The Hall–Kier alpha value is -2.97. The SMILES string of the molecule is CCCCC(=O)C1C/C(C(=O)O)=C(/C(=O)O)C(CCCC)C/C(C(=O)O)=C\1C(=O)O. The molecule has 4 N–H and O–H groups in total. The van der Waals surface area contributed by atoms with E-state index in [2.05, 4.69) is 0 Å². The van der Waals surface area contributed by atoms with E-state index in [9.17, 15) is 44.4 Å². The summed E-state index contributed by atoms with van der Waals surface area (Å²) < 4.78 is 0. The van der Waals surface area contributed by atoms with Crippen molar-refractivity contribution in [1.82, 2.24) is 0 Å². The number of aliphatic carboxylic acids is 4. The molecule has 166 valence electrons. The molecule has 0 heterocycles. The van der Waals surface area contributed by atoms with Crippen LogP contribution < -0.4 is 0 Å². The van der Waals surface area contributed by atoms with Crippen LogP contribution in [-0.4, -0.2) is 50.1 Å². The van der Waals surface area contributed by atoms with Gasteiger partial charge in [-0.3, -0.25) is 4.79 Å². The highest BCUT2D eigenvalue weighted by atomic mass is 16.4. The van der Waals surface area contributed by atoms with Gasteiger partial charge in [-0.05, 0) is 31.6 Å². The van der Waals surface area contributed by atoms with Gasteiger partial charge in [0.1, 0.15) is 5.78 Å². The Morgan fingerprint density at radius 2 is 1.23 bits per heavy atom. The van der Waals surface area contributed by atoms with Gasteiger partial charge in [0.05, 0.1) is 17.1 Å². The largest absolute Gasteiger partial charge is 0.478 e. The number of carbonyl (C=O) groups excluding carboxylic acids is 1. The van der Waals surface area contributed by atoms with Crippen LogP contribution in [0.25, 0.3) is 0 Å². The smallest absolute Gasteiger partial charge is 0.332 e. The van der Waals surface area contributed by atoms with Gasteiger partial charge >= 0.3 is 23.9 Å². The van der Waals surface area contributed by atoms with Crippen LogP contribution in [0.4, 0.5) is 0 Å². The van der Waals surface area contributed by atoms with Gasteiger partial charge in [-0.15, -0.1) is 0 Å². The third-order valence-corrected chi connectivity index (χ3v) is 5.31. The number of ketones is 1. The molecule has 30 heavy (non-hydrogen) atoms. The van der Waals surface area contributed by atoms with E-state index < -0.39 is 76.6 Å². The molecule has 2 atom stereocenters. The van der Waals surface area contributed by atoms with Crippen LogP contribution >= 0.6 is 0 Å². The van der Waals surface area contributed by atoms with Crippen molar-refractivity contribution in [2.45, 2.75) is 65.2 Å². The molecule has 0 bridgehead atoms. The Balaban J connectivity index is 3.79. The molecule has 2 unspecified atom stereocenters. The predicted molar refractivity (Wildman–Crippen MR) is 105 cm³/mol. The van der Waals surface area contributed by atoms with Gasteiger partial charge in [0.25, 0.3) is 0 Å². The zero-order valence-corrected chi connectivity index (χ0v) is 17.1. The molecule has 9 nitrogen and oxygen atoms in total. The zero-order chi connectivity index (χ0) is 23.0. The van der Waals surface area contributed by atoms with Crippen molar-refractivity contribution >= 4 is 29.7 Å². The average molecular weight is 424 g/mol. The first-order chi connectivity index (χ1) is 14.1. The number of carboxylic acids is 4. The summed E-state index contributed by atoms with van der Waals surface area (Å²) in [5.74, 6) is -9.34. The van der Waals surface area contributed by atoms with Crippen molar-refractivity contribution in [2.75, 3.05) is 0 Å². The summed E-state index contributed by atoms with van der Waals surface area (Å²) in [5.41, 5.74) is -2.18. The van der Waals surface area contributed by atoms with Gasteiger partial charge in [-0.25, -0.2) is 19.2 Å². The predicted octanol–water partition coefficient (Wildman–Crippen LogP) is 2.89. The van der Waals surface area contributed by atoms with E-state index in [0.29, 0.717) is 25.7 Å². The molecule has 0 aromatic rings. The Morgan fingerprint density at radius 3 is 1.67 bits per heavy atom. The second kappa shape index (κ2) is 11.3. The topological polar surface area (TPSA) is 166 Å². The van der Waals surface area contributed by atoms with E-state index in [1.807, 2.05) is 13.8 Å². The van der Waals surface area contributed by atoms with Gasteiger partial charge in [0.15, 0.2) is 0 Å². The van der Waals surface area contributed by atoms with Crippen LogP contribution in [0.5, 0.6) is 0 Å². The van der Waals surface area contributed by atoms with Crippen LogP contribution in [-0.2, 0) is 24.0 Å². The maximum absolute atomic E-state index is 12.7. The van der Waals surface area contributed by atoms with Crippen molar-refractivity contribution in [2.24, 2.45) is 11.8 Å². The first-order valence-electron chi connectivity index (χ1n) is 9.98. The molecule has 1 rings (SSSR count). The van der Waals surface area contributed by atoms with Gasteiger partial charge in [-0.1, -0.05) is 33.1 Å². The number of Topliss-reactive ketones (excluding diaryl/α,β-unsaturated/α-hetero) is 1. The molecule has 1 aliphatic rings. The summed E-state index contributed by atoms with van der Waals surface area (Å²) in [6.45, 7) is 3.65. The Bertz CT molecular complexity index is 788. The lowest BCUT2D eigenvalue weighted by molar-refractivity contribution is -0.138. The lowest BCUT2D eigenvalue weighted by Gasteiger charge is -2.27. The maximum atomic E-state index is 12.7. The minimum Gasteiger partial charge on any atom is -0.478 e. The minimum absolute atomic E-state index is 0.0561. The van der Waals surface area contributed by atoms with Crippen LogP contribution in [0.3, 0.4) is 0 Å². The fourth-order valence-electron chi connectivity index (χ4n) is 3.82. The highest BCUT2D eigenvalue weighted by molar-refractivity contribution is 6.06. The van der Waals surface area contributed by atoms with Gasteiger partial charge in [0.2, 0.25) is 0 Å². The molecule has 0 aromatic carbocycles. The van der Waals surface area contributed by atoms with Gasteiger partial charge in [0, 0.05) is 17.6 Å². The van der Waals surface area contributed by atoms with Crippen LogP contribution in [0.15, 0.2) is 22.3 Å². The normalized spacial score (nSPS) is 24.6. The summed E-state index contributed by atoms with van der Waals surface area (Å²) in [6.07, 6.45) is 1.20. The third kappa shape index (κ3) is 6.01. The Labute approximate surface area is 174 Å². The van der Waals surface area contributed by atoms with Crippen molar-refractivity contribution in [3.63, 3.8) is 0 Å². The number of carbonyl (C=O) groups is 5. The van der Waals surface area contributed by atoms with Crippen LogP contribution in [0, 0.1) is 11.8 Å². The van der Waals surface area contributed by atoms with Gasteiger partial charge in [-0.2, -0.15) is 0 Å². The van der Waals surface area contributed by atoms with E-state index in [1.54, 1.807) is 0 Å². The number of rotatable bonds is 11. The van der Waals surface area contributed by atoms with Crippen molar-refractivity contribution in [3.8, 4) is 0 Å². The fourth-order valence-corrected chi connectivity index (χ4v) is 3.82. The molecule has 0 amide bonds. The van der Waals surface area contributed by atoms with Crippen molar-refractivity contribution in [3.05, 3.63) is 22.3 Å². The van der Waals surface area contributed by atoms with E-state index in [0.717, 1.165) is 0 Å². The molecule has 0 radical (unpaired) electrons. The second-order valence-electron chi connectivity index (χ2n) is 7.37. The summed E-state index contributed by atoms with van der Waals surface area (Å²) in [4.78, 5) is 60.5. The monoisotopic (exact) mass is 424 g/mol. The quantitative estimate of drug-likeness (QED) is 0.390. The lowest BCUT2D eigenvalue weighted by Crippen LogP contribution is -2.32. The standard InChI is InChI=1S/C21H28O9/c1-3-5-7-11-9-13(18(23)24)17(21(29)30)12(15(22)8-6-4-2)10-14(19(25)26)16(11)20(27)28/h11-12H,3-10H2,1-2H3,(H,23,24)(H,25,26)(H,27,28)(H,29,30)/b16-14-,17-13-. The zero-order valence-electron chi connectivity index (χ0n) is 17.1. The van der Waals surface area contributed by atoms with Crippen molar-refractivity contribution in [1.29, 1.82) is 0 Å². The molecule has 1 aliphatic carbocycles. The maximum Gasteiger partial charge on any atom is 0.332 e. The molecular formula is C21H28O9. The van der Waals surface area contributed by atoms with Gasteiger partial charge < -0.3 is 20.4 Å². The lowest BCUT2D eigenvalue weighted by atomic mass is 9.74. The van der Waals surface area contributed by atoms with Crippen molar-refractivity contribution < 1.29 is 44.4 Å². The number of hydrogen-bond acceptors (Lipinski definition) is 5. The first kappa shape index (κ1) is 25.1. The molecule has 0 spiro atoms. The number of hydrogen-bond donors (Lipinski definition) is 4. The highest BCUT2D eigenvalue weighted by Gasteiger charge is 2.40. The molecule has 0 saturated heterocycles. The molecular weight excluding hydrogens is 396 g/mol. The second-order valence-corrected chi connectivity index (χ2v) is 7.37. The molecule has 0 aliphatic heterocycles. The average Bonchev–Trinajstić information content (AvgIpc) is 2.64. The van der Waals surface area contributed by atoms with E-state index >= 15 is 0 Å². The fraction of sp³-hybridized carbons (Fsp3) is 0.571. The molecule has 9 heteroatoms. The highest BCUT2D eigenvalue weighted by Crippen LogP contribution is 2.38. The number of carboxylic acid groups (broad SMARTS) is 4. The van der Waals surface area contributed by atoms with Crippen LogP contribution in [0.1, 0.15) is 65.2 Å². The molecule has 0 saturated carbocycles. The summed E-state index contributed by atoms with van der Waals surface area (Å²) in [7, 11) is 0. The minimum atomic E-state index is -1.61. The Morgan fingerprint density at radius 1 is 0.733 bits per heavy atom. The molecule has 0 aromatic heterocycles. The van der Waals surface area contributed by atoms with Crippen LogP contribution in [0.2, 0.25) is 0 Å². The summed E-state index contributed by atoms with van der Waals surface area (Å²) in [6, 6.07) is 0. The number of unbranched alkanes of at least 4 members (excludes halogenated alkanes) is 2. The third-order valence-electron chi connectivity index (χ3n) is 5.31. The summed E-state index contributed by atoms with van der Waals surface area (Å²) in [5, 5.41) is 38.8. The molecule has 0 fully saturated rings. The Kier molecular flexibility index (Phi) is 9.42.